The third-order valence-electron chi connectivity index (χ3n) is 3.83. The zero-order valence-electron chi connectivity index (χ0n) is 13.6. The van der Waals surface area contributed by atoms with Crippen molar-refractivity contribution in [2.75, 3.05) is 12.0 Å². The molecule has 0 unspecified atom stereocenters. The van der Waals surface area contributed by atoms with E-state index in [-0.39, 0.29) is 5.91 Å². The van der Waals surface area contributed by atoms with Gasteiger partial charge in [0.15, 0.2) is 0 Å². The molecule has 24 heavy (non-hydrogen) atoms. The fourth-order valence-electron chi connectivity index (χ4n) is 2.62. The number of hydrogen-bond acceptors (Lipinski definition) is 2. The molecule has 0 aliphatic rings. The molecule has 0 saturated heterocycles. The molecule has 3 aromatic carbocycles. The Morgan fingerprint density at radius 3 is 2.08 bits per heavy atom. The summed E-state index contributed by atoms with van der Waals surface area (Å²) in [7, 11) is 1.58. The van der Waals surface area contributed by atoms with E-state index in [0.717, 1.165) is 11.3 Å². The number of rotatable bonds is 5. The maximum atomic E-state index is 13.2. The van der Waals surface area contributed by atoms with Crippen LogP contribution < -0.4 is 9.64 Å². The highest BCUT2D eigenvalue weighted by Gasteiger charge is 2.21. The van der Waals surface area contributed by atoms with Crippen molar-refractivity contribution >= 4 is 11.6 Å². The summed E-state index contributed by atoms with van der Waals surface area (Å²) in [6.07, 6.45) is 0. The topological polar surface area (TPSA) is 29.5 Å². The number of carbonyl (C=O) groups excluding carboxylic acids is 1. The molecule has 3 rings (SSSR count). The third-order valence-corrected chi connectivity index (χ3v) is 3.83. The molecule has 3 nitrogen and oxygen atoms in total. The van der Waals surface area contributed by atoms with Crippen molar-refractivity contribution < 1.29 is 9.53 Å². The molecular weight excluding hydrogens is 298 g/mol. The van der Waals surface area contributed by atoms with Crippen LogP contribution in [0.5, 0.6) is 5.75 Å². The van der Waals surface area contributed by atoms with Crippen LogP contribution in [-0.2, 0) is 6.54 Å². The number of amides is 1. The minimum Gasteiger partial charge on any atom is -0.496 e. The van der Waals surface area contributed by atoms with Crippen LogP contribution in [0, 0.1) is 0 Å². The second kappa shape index (κ2) is 7.47. The second-order valence-corrected chi connectivity index (χ2v) is 5.41. The van der Waals surface area contributed by atoms with Gasteiger partial charge in [0.25, 0.3) is 5.91 Å². The number of ether oxygens (including phenoxy) is 1. The lowest BCUT2D eigenvalue weighted by Crippen LogP contribution is -2.30. The predicted octanol–water partition coefficient (Wildman–Crippen LogP) is 4.54. The van der Waals surface area contributed by atoms with E-state index >= 15 is 0 Å². The Balaban J connectivity index is 1.99. The maximum absolute atomic E-state index is 13.2. The molecule has 0 atom stereocenters. The largest absolute Gasteiger partial charge is 0.496 e. The summed E-state index contributed by atoms with van der Waals surface area (Å²) >= 11 is 0. The number of benzene rings is 3. The van der Waals surface area contributed by atoms with Gasteiger partial charge in [-0.3, -0.25) is 4.79 Å². The summed E-state index contributed by atoms with van der Waals surface area (Å²) in [5.74, 6) is 0.499. The van der Waals surface area contributed by atoms with Crippen LogP contribution in [0.2, 0.25) is 0 Å². The number of carbonyl (C=O) groups is 1. The van der Waals surface area contributed by atoms with Crippen molar-refractivity contribution in [3.05, 3.63) is 96.1 Å². The van der Waals surface area contributed by atoms with E-state index in [4.69, 9.17) is 4.74 Å². The van der Waals surface area contributed by atoms with Crippen molar-refractivity contribution in [3.63, 3.8) is 0 Å². The molecule has 3 aromatic rings. The minimum absolute atomic E-state index is 0.0810. The van der Waals surface area contributed by atoms with Gasteiger partial charge < -0.3 is 9.64 Å². The summed E-state index contributed by atoms with van der Waals surface area (Å²) in [5, 5.41) is 0. The van der Waals surface area contributed by atoms with Crippen LogP contribution in [0.25, 0.3) is 0 Å². The zero-order valence-corrected chi connectivity index (χ0v) is 13.6. The van der Waals surface area contributed by atoms with E-state index in [2.05, 4.69) is 0 Å². The molecule has 0 N–H and O–H groups in total. The Morgan fingerprint density at radius 1 is 0.833 bits per heavy atom. The number of hydrogen-bond donors (Lipinski definition) is 0. The molecule has 120 valence electrons. The van der Waals surface area contributed by atoms with E-state index < -0.39 is 0 Å². The van der Waals surface area contributed by atoms with Gasteiger partial charge in [-0.1, -0.05) is 60.7 Å². The summed E-state index contributed by atoms with van der Waals surface area (Å²) in [4.78, 5) is 14.9. The van der Waals surface area contributed by atoms with Gasteiger partial charge in [-0.25, -0.2) is 0 Å². The van der Waals surface area contributed by atoms with Gasteiger partial charge in [0.05, 0.1) is 19.2 Å². The Morgan fingerprint density at radius 2 is 1.42 bits per heavy atom. The van der Waals surface area contributed by atoms with Gasteiger partial charge in [0.1, 0.15) is 5.75 Å². The van der Waals surface area contributed by atoms with Crippen molar-refractivity contribution in [1.29, 1.82) is 0 Å². The molecule has 0 aromatic heterocycles. The van der Waals surface area contributed by atoms with Gasteiger partial charge in [-0.05, 0) is 29.8 Å². The van der Waals surface area contributed by atoms with Crippen molar-refractivity contribution in [3.8, 4) is 5.75 Å². The molecule has 0 radical (unpaired) electrons. The quantitative estimate of drug-likeness (QED) is 0.691. The SMILES string of the molecule is COc1ccccc1C(=O)N(Cc1ccccc1)c1ccccc1. The van der Waals surface area contributed by atoms with Gasteiger partial charge in [-0.15, -0.1) is 0 Å². The highest BCUT2D eigenvalue weighted by Crippen LogP contribution is 2.24. The first-order valence-corrected chi connectivity index (χ1v) is 7.83. The van der Waals surface area contributed by atoms with Crippen molar-refractivity contribution in [2.24, 2.45) is 0 Å². The maximum Gasteiger partial charge on any atom is 0.262 e. The summed E-state index contributed by atoms with van der Waals surface area (Å²) < 4.78 is 5.36. The number of para-hydroxylation sites is 2. The lowest BCUT2D eigenvalue weighted by Gasteiger charge is -2.24. The third kappa shape index (κ3) is 3.46. The van der Waals surface area contributed by atoms with Gasteiger partial charge in [0, 0.05) is 5.69 Å². The molecule has 0 bridgehead atoms. The first-order chi connectivity index (χ1) is 11.8. The molecule has 3 heteroatoms. The molecule has 0 heterocycles. The Labute approximate surface area is 142 Å². The van der Waals surface area contributed by atoms with Crippen LogP contribution in [0.1, 0.15) is 15.9 Å². The Kier molecular flexibility index (Phi) is 4.92. The van der Waals surface area contributed by atoms with E-state index in [1.165, 1.54) is 0 Å². The Hall–Kier alpha value is -3.07. The predicted molar refractivity (Wildman–Crippen MR) is 96.4 cm³/mol. The average molecular weight is 317 g/mol. The monoisotopic (exact) mass is 317 g/mol. The number of anilines is 1. The number of nitrogens with zero attached hydrogens (tertiary/aromatic N) is 1. The highest BCUT2D eigenvalue weighted by molar-refractivity contribution is 6.07. The molecular formula is C21H19NO2. The van der Waals surface area contributed by atoms with Gasteiger partial charge in [-0.2, -0.15) is 0 Å². The molecule has 1 amide bonds. The average Bonchev–Trinajstić information content (AvgIpc) is 2.67. The first kappa shape index (κ1) is 15.8. The molecule has 0 aliphatic heterocycles. The summed E-state index contributed by atoms with van der Waals surface area (Å²) in [6, 6.07) is 27.0. The fourth-order valence-corrected chi connectivity index (χ4v) is 2.62. The lowest BCUT2D eigenvalue weighted by molar-refractivity contribution is 0.0982. The first-order valence-electron chi connectivity index (χ1n) is 7.83. The second-order valence-electron chi connectivity index (χ2n) is 5.41. The summed E-state index contributed by atoms with van der Waals surface area (Å²) in [6.45, 7) is 0.502. The standard InChI is InChI=1S/C21H19NO2/c1-24-20-15-9-8-14-19(20)21(23)22(18-12-6-3-7-13-18)16-17-10-4-2-5-11-17/h2-15H,16H2,1H3. The normalized spacial score (nSPS) is 10.2. The fraction of sp³-hybridized carbons (Fsp3) is 0.0952. The van der Waals surface area contributed by atoms with Crippen LogP contribution >= 0.6 is 0 Å². The molecule has 0 spiro atoms. The highest BCUT2D eigenvalue weighted by atomic mass is 16.5. The van der Waals surface area contributed by atoms with E-state index in [0.29, 0.717) is 17.9 Å². The van der Waals surface area contributed by atoms with Crippen LogP contribution in [0.4, 0.5) is 5.69 Å². The van der Waals surface area contributed by atoms with Crippen LogP contribution in [0.15, 0.2) is 84.9 Å². The van der Waals surface area contributed by atoms with E-state index in [1.54, 1.807) is 24.1 Å². The van der Waals surface area contributed by atoms with Crippen molar-refractivity contribution in [2.45, 2.75) is 6.54 Å². The molecule has 0 aliphatic carbocycles. The van der Waals surface area contributed by atoms with E-state index in [9.17, 15) is 4.79 Å². The Bertz CT molecular complexity index is 800. The van der Waals surface area contributed by atoms with Gasteiger partial charge >= 0.3 is 0 Å². The number of methoxy groups -OCH3 is 1. The zero-order chi connectivity index (χ0) is 16.8. The lowest BCUT2D eigenvalue weighted by atomic mass is 10.1. The van der Waals surface area contributed by atoms with E-state index in [1.807, 2.05) is 72.8 Å². The van der Waals surface area contributed by atoms with Crippen LogP contribution in [-0.4, -0.2) is 13.0 Å². The summed E-state index contributed by atoms with van der Waals surface area (Å²) in [5.41, 5.74) is 2.49. The molecule has 0 fully saturated rings. The molecule has 0 saturated carbocycles. The van der Waals surface area contributed by atoms with Crippen molar-refractivity contribution in [1.82, 2.24) is 0 Å². The minimum atomic E-state index is -0.0810. The van der Waals surface area contributed by atoms with Gasteiger partial charge in [0.2, 0.25) is 0 Å². The van der Waals surface area contributed by atoms with Crippen LogP contribution in [0.3, 0.4) is 0 Å². The smallest absolute Gasteiger partial charge is 0.262 e.